The van der Waals surface area contributed by atoms with Crippen molar-refractivity contribution in [3.63, 3.8) is 0 Å². The molecular formula is C11H14FN3S. The molecule has 0 aliphatic carbocycles. The standard InChI is InChI=1S/C11H14FN3S/c1-15(2)8-13-11(16-3)14-10-7-5-4-6-9(10)12/h4-8H,1-3H3. The summed E-state index contributed by atoms with van der Waals surface area (Å²) in [5.74, 6) is -0.339. The normalized spacial score (nSPS) is 12.1. The summed E-state index contributed by atoms with van der Waals surface area (Å²) in [6.45, 7) is 0. The van der Waals surface area contributed by atoms with E-state index in [1.54, 1.807) is 29.4 Å². The van der Waals surface area contributed by atoms with Crippen LogP contribution in [-0.4, -0.2) is 36.8 Å². The molecule has 0 spiro atoms. The number of rotatable bonds is 2. The highest BCUT2D eigenvalue weighted by atomic mass is 32.2. The van der Waals surface area contributed by atoms with E-state index < -0.39 is 0 Å². The van der Waals surface area contributed by atoms with E-state index in [4.69, 9.17) is 0 Å². The molecule has 3 nitrogen and oxygen atoms in total. The minimum Gasteiger partial charge on any atom is -0.369 e. The van der Waals surface area contributed by atoms with Gasteiger partial charge in [-0.25, -0.2) is 14.4 Å². The second kappa shape index (κ2) is 6.27. The van der Waals surface area contributed by atoms with Crippen LogP contribution in [0.25, 0.3) is 0 Å². The molecule has 0 saturated heterocycles. The van der Waals surface area contributed by atoms with Gasteiger partial charge in [0.2, 0.25) is 0 Å². The Hall–Kier alpha value is -1.36. The number of hydrogen-bond donors (Lipinski definition) is 0. The number of hydrogen-bond acceptors (Lipinski definition) is 2. The highest BCUT2D eigenvalue weighted by Gasteiger charge is 2.00. The molecular weight excluding hydrogens is 225 g/mol. The topological polar surface area (TPSA) is 28.0 Å². The van der Waals surface area contributed by atoms with Crippen molar-refractivity contribution < 1.29 is 4.39 Å². The van der Waals surface area contributed by atoms with Gasteiger partial charge < -0.3 is 4.90 Å². The summed E-state index contributed by atoms with van der Waals surface area (Å²) in [5, 5.41) is 0.527. The van der Waals surface area contributed by atoms with Crippen LogP contribution in [0, 0.1) is 5.82 Å². The number of para-hydroxylation sites is 1. The van der Waals surface area contributed by atoms with Crippen molar-refractivity contribution in [2.45, 2.75) is 0 Å². The first-order valence-corrected chi connectivity index (χ1v) is 5.94. The fraction of sp³-hybridized carbons (Fsp3) is 0.273. The first-order chi connectivity index (χ1) is 7.63. The number of amidine groups is 1. The van der Waals surface area contributed by atoms with Crippen molar-refractivity contribution in [2.24, 2.45) is 9.98 Å². The van der Waals surface area contributed by atoms with Crippen molar-refractivity contribution in [2.75, 3.05) is 20.4 Å². The Bertz CT molecular complexity index is 402. The van der Waals surface area contributed by atoms with Crippen molar-refractivity contribution in [1.29, 1.82) is 0 Å². The van der Waals surface area contributed by atoms with Crippen LogP contribution in [0.4, 0.5) is 10.1 Å². The summed E-state index contributed by atoms with van der Waals surface area (Å²) in [7, 11) is 3.73. The van der Waals surface area contributed by atoms with Crippen molar-refractivity contribution in [1.82, 2.24) is 4.90 Å². The van der Waals surface area contributed by atoms with Gasteiger partial charge in [0.15, 0.2) is 5.17 Å². The molecule has 0 saturated carbocycles. The van der Waals surface area contributed by atoms with Crippen molar-refractivity contribution in [3.05, 3.63) is 30.1 Å². The van der Waals surface area contributed by atoms with Crippen LogP contribution in [0.2, 0.25) is 0 Å². The molecule has 1 rings (SSSR count). The molecule has 0 amide bonds. The molecule has 1 aromatic rings. The van der Waals surface area contributed by atoms with Gasteiger partial charge in [0, 0.05) is 14.1 Å². The summed E-state index contributed by atoms with van der Waals surface area (Å²) in [4.78, 5) is 10.1. The van der Waals surface area contributed by atoms with E-state index in [0.717, 1.165) is 0 Å². The Morgan fingerprint density at radius 2 is 2.06 bits per heavy atom. The van der Waals surface area contributed by atoms with Gasteiger partial charge >= 0.3 is 0 Å². The van der Waals surface area contributed by atoms with Gasteiger partial charge in [0.1, 0.15) is 11.5 Å². The summed E-state index contributed by atoms with van der Waals surface area (Å²) in [5.41, 5.74) is 0.308. The largest absolute Gasteiger partial charge is 0.369 e. The van der Waals surface area contributed by atoms with Gasteiger partial charge in [-0.1, -0.05) is 23.9 Å². The van der Waals surface area contributed by atoms with Gasteiger partial charge in [-0.05, 0) is 18.4 Å². The fourth-order valence-corrected chi connectivity index (χ4v) is 1.28. The molecule has 0 radical (unpaired) electrons. The predicted octanol–water partition coefficient (Wildman–Crippen LogP) is 2.77. The number of benzene rings is 1. The summed E-state index contributed by atoms with van der Waals surface area (Å²) in [6.07, 6.45) is 3.49. The Morgan fingerprint density at radius 1 is 1.38 bits per heavy atom. The van der Waals surface area contributed by atoms with Gasteiger partial charge in [-0.15, -0.1) is 0 Å². The molecule has 0 aromatic heterocycles. The Morgan fingerprint density at radius 3 is 2.62 bits per heavy atom. The van der Waals surface area contributed by atoms with E-state index in [1.165, 1.54) is 17.8 Å². The van der Waals surface area contributed by atoms with Crippen LogP contribution in [0.1, 0.15) is 0 Å². The molecule has 0 bridgehead atoms. The molecule has 0 heterocycles. The van der Waals surface area contributed by atoms with E-state index in [-0.39, 0.29) is 5.82 Å². The smallest absolute Gasteiger partial charge is 0.189 e. The van der Waals surface area contributed by atoms with E-state index >= 15 is 0 Å². The molecule has 1 aromatic carbocycles. The average molecular weight is 239 g/mol. The second-order valence-corrected chi connectivity index (χ2v) is 4.03. The number of nitrogens with zero attached hydrogens (tertiary/aromatic N) is 3. The van der Waals surface area contributed by atoms with E-state index in [0.29, 0.717) is 10.9 Å². The summed E-state index contributed by atoms with van der Waals surface area (Å²) in [6, 6.07) is 6.38. The maximum atomic E-state index is 13.3. The Balaban J connectivity index is 2.92. The molecule has 0 atom stereocenters. The third-order valence-electron chi connectivity index (χ3n) is 1.65. The lowest BCUT2D eigenvalue weighted by atomic mass is 10.3. The highest BCUT2D eigenvalue weighted by molar-refractivity contribution is 8.13. The minimum atomic E-state index is -0.339. The molecule has 0 aliphatic rings. The number of aliphatic imine (C=N–C) groups is 2. The molecule has 86 valence electrons. The highest BCUT2D eigenvalue weighted by Crippen LogP contribution is 2.18. The van der Waals surface area contributed by atoms with Gasteiger partial charge in [0.25, 0.3) is 0 Å². The molecule has 0 aliphatic heterocycles. The monoisotopic (exact) mass is 239 g/mol. The third-order valence-corrected chi connectivity index (χ3v) is 2.21. The molecule has 16 heavy (non-hydrogen) atoms. The molecule has 0 unspecified atom stereocenters. The van der Waals surface area contributed by atoms with Crippen LogP contribution in [-0.2, 0) is 0 Å². The maximum Gasteiger partial charge on any atom is 0.189 e. The number of thioether (sulfide) groups is 1. The van der Waals surface area contributed by atoms with Crippen LogP contribution in [0.3, 0.4) is 0 Å². The zero-order valence-corrected chi connectivity index (χ0v) is 10.3. The van der Waals surface area contributed by atoms with Crippen LogP contribution < -0.4 is 0 Å². The first kappa shape index (κ1) is 12.7. The Labute approximate surface area is 99.1 Å². The lowest BCUT2D eigenvalue weighted by Gasteiger charge is -2.03. The summed E-state index contributed by atoms with van der Waals surface area (Å²) >= 11 is 1.37. The minimum absolute atomic E-state index is 0.308. The van der Waals surface area contributed by atoms with Gasteiger partial charge in [0.05, 0.1) is 6.34 Å². The lowest BCUT2D eigenvalue weighted by Crippen LogP contribution is -2.08. The fourth-order valence-electron chi connectivity index (χ4n) is 0.938. The number of halogens is 1. The zero-order chi connectivity index (χ0) is 12.0. The zero-order valence-electron chi connectivity index (χ0n) is 9.51. The molecule has 5 heteroatoms. The first-order valence-electron chi connectivity index (χ1n) is 4.71. The lowest BCUT2D eigenvalue weighted by molar-refractivity contribution is 0.630. The van der Waals surface area contributed by atoms with Crippen molar-refractivity contribution in [3.8, 4) is 0 Å². The SMILES string of the molecule is CSC(N=CN(C)C)=Nc1ccccc1F. The Kier molecular flexibility index (Phi) is 4.98. The predicted molar refractivity (Wildman–Crippen MR) is 69.2 cm³/mol. The molecule has 0 fully saturated rings. The third kappa shape index (κ3) is 4.02. The van der Waals surface area contributed by atoms with E-state index in [9.17, 15) is 4.39 Å². The average Bonchev–Trinajstić information content (AvgIpc) is 2.26. The van der Waals surface area contributed by atoms with Crippen LogP contribution in [0.15, 0.2) is 34.3 Å². The van der Waals surface area contributed by atoms with Crippen LogP contribution in [0.5, 0.6) is 0 Å². The van der Waals surface area contributed by atoms with Crippen molar-refractivity contribution >= 4 is 29.0 Å². The second-order valence-electron chi connectivity index (χ2n) is 3.26. The summed E-state index contributed by atoms with van der Waals surface area (Å²) < 4.78 is 13.3. The van der Waals surface area contributed by atoms with Gasteiger partial charge in [-0.3, -0.25) is 0 Å². The molecule has 0 N–H and O–H groups in total. The quantitative estimate of drug-likeness (QED) is 0.586. The van der Waals surface area contributed by atoms with E-state index in [1.807, 2.05) is 20.4 Å². The van der Waals surface area contributed by atoms with E-state index in [2.05, 4.69) is 9.98 Å². The van der Waals surface area contributed by atoms with Crippen LogP contribution >= 0.6 is 11.8 Å². The maximum absolute atomic E-state index is 13.3. The van der Waals surface area contributed by atoms with Gasteiger partial charge in [-0.2, -0.15) is 0 Å².